The van der Waals surface area contributed by atoms with Crippen LogP contribution in [0, 0.1) is 13.8 Å². The van der Waals surface area contributed by atoms with Crippen LogP contribution in [0.3, 0.4) is 0 Å². The zero-order valence-corrected chi connectivity index (χ0v) is 14.7. The molecule has 25 heavy (non-hydrogen) atoms. The van der Waals surface area contributed by atoms with Gasteiger partial charge in [-0.25, -0.2) is 9.50 Å². The van der Waals surface area contributed by atoms with Crippen LogP contribution in [-0.2, 0) is 12.8 Å². The minimum atomic E-state index is -0.166. The number of anilines is 1. The number of carbonyl (C=O) groups excluding carboxylic acids is 1. The molecule has 4 rings (SSSR count). The summed E-state index contributed by atoms with van der Waals surface area (Å²) >= 11 is 0. The number of benzene rings is 1. The van der Waals surface area contributed by atoms with Gasteiger partial charge in [-0.2, -0.15) is 5.10 Å². The molecule has 0 saturated carbocycles. The molecule has 0 bridgehead atoms. The van der Waals surface area contributed by atoms with Crippen molar-refractivity contribution in [2.24, 2.45) is 0 Å². The Kier molecular flexibility index (Phi) is 3.99. The highest BCUT2D eigenvalue weighted by atomic mass is 16.1. The molecule has 0 fully saturated rings. The van der Waals surface area contributed by atoms with E-state index in [1.807, 2.05) is 36.7 Å². The van der Waals surface area contributed by atoms with Crippen LogP contribution in [0.5, 0.6) is 0 Å². The van der Waals surface area contributed by atoms with Crippen LogP contribution < -0.4 is 5.32 Å². The highest BCUT2D eigenvalue weighted by molar-refractivity contribution is 6.08. The van der Waals surface area contributed by atoms with Gasteiger partial charge in [-0.1, -0.05) is 12.5 Å². The Morgan fingerprint density at radius 2 is 1.80 bits per heavy atom. The van der Waals surface area contributed by atoms with E-state index in [1.54, 1.807) is 6.20 Å². The topological polar surface area (TPSA) is 59.3 Å². The molecule has 1 aliphatic rings. The van der Waals surface area contributed by atoms with Gasteiger partial charge in [0.1, 0.15) is 5.56 Å². The lowest BCUT2D eigenvalue weighted by Crippen LogP contribution is -2.13. The number of nitrogens with zero attached hydrogens (tertiary/aromatic N) is 3. The van der Waals surface area contributed by atoms with Crippen LogP contribution in [0.25, 0.3) is 5.65 Å². The average molecular weight is 334 g/mol. The number of nitrogens with one attached hydrogen (secondary N) is 1. The van der Waals surface area contributed by atoms with Gasteiger partial charge in [-0.15, -0.1) is 0 Å². The Morgan fingerprint density at radius 3 is 2.60 bits per heavy atom. The molecule has 1 aromatic carbocycles. The van der Waals surface area contributed by atoms with E-state index in [0.717, 1.165) is 36.1 Å². The number of carbonyl (C=O) groups is 1. The fraction of sp³-hybridized carbons (Fsp3) is 0.350. The van der Waals surface area contributed by atoms with E-state index >= 15 is 0 Å². The van der Waals surface area contributed by atoms with E-state index in [0.29, 0.717) is 11.2 Å². The molecule has 2 heterocycles. The highest BCUT2D eigenvalue weighted by Gasteiger charge is 2.19. The minimum Gasteiger partial charge on any atom is -0.322 e. The van der Waals surface area contributed by atoms with Crippen molar-refractivity contribution in [3.8, 4) is 0 Å². The molecule has 5 heteroatoms. The third-order valence-electron chi connectivity index (χ3n) is 4.80. The molecule has 1 amide bonds. The Morgan fingerprint density at radius 1 is 1.04 bits per heavy atom. The second-order valence-electron chi connectivity index (χ2n) is 6.91. The summed E-state index contributed by atoms with van der Waals surface area (Å²) in [6.45, 7) is 4.05. The summed E-state index contributed by atoms with van der Waals surface area (Å²) in [7, 11) is 0. The molecule has 0 unspecified atom stereocenters. The smallest absolute Gasteiger partial charge is 0.261 e. The minimum absolute atomic E-state index is 0.166. The van der Waals surface area contributed by atoms with Crippen molar-refractivity contribution in [3.05, 3.63) is 58.5 Å². The second kappa shape index (κ2) is 6.31. The number of amides is 1. The van der Waals surface area contributed by atoms with Crippen molar-refractivity contribution in [2.45, 2.75) is 46.0 Å². The lowest BCUT2D eigenvalue weighted by atomic mass is 10.1. The zero-order chi connectivity index (χ0) is 17.4. The fourth-order valence-electron chi connectivity index (χ4n) is 3.68. The molecule has 128 valence electrons. The quantitative estimate of drug-likeness (QED) is 0.724. The fourth-order valence-corrected chi connectivity index (χ4v) is 3.68. The maximum atomic E-state index is 12.7. The van der Waals surface area contributed by atoms with E-state index in [-0.39, 0.29) is 5.91 Å². The molecule has 0 atom stereocenters. The number of aromatic nitrogens is 3. The summed E-state index contributed by atoms with van der Waals surface area (Å²) in [4.78, 5) is 17.3. The van der Waals surface area contributed by atoms with E-state index in [1.165, 1.54) is 24.1 Å². The molecule has 0 radical (unpaired) electrons. The Hall–Kier alpha value is -2.69. The van der Waals surface area contributed by atoms with Crippen molar-refractivity contribution in [2.75, 3.05) is 5.32 Å². The average Bonchev–Trinajstić information content (AvgIpc) is 2.84. The van der Waals surface area contributed by atoms with Crippen molar-refractivity contribution in [3.63, 3.8) is 0 Å². The van der Waals surface area contributed by atoms with Crippen LogP contribution in [0.4, 0.5) is 5.69 Å². The first-order valence-electron chi connectivity index (χ1n) is 8.86. The predicted octanol–water partition coefficient (Wildman–Crippen LogP) is 3.87. The van der Waals surface area contributed by atoms with Crippen LogP contribution in [-0.4, -0.2) is 20.5 Å². The van der Waals surface area contributed by atoms with Gasteiger partial charge in [0.2, 0.25) is 0 Å². The Labute approximate surface area is 147 Å². The molecular formula is C20H22N4O. The summed E-state index contributed by atoms with van der Waals surface area (Å²) in [6.07, 6.45) is 9.18. The van der Waals surface area contributed by atoms with Gasteiger partial charge in [0.15, 0.2) is 5.65 Å². The maximum absolute atomic E-state index is 12.7. The lowest BCUT2D eigenvalue weighted by Gasteiger charge is -2.09. The molecule has 5 nitrogen and oxygen atoms in total. The summed E-state index contributed by atoms with van der Waals surface area (Å²) in [5, 5.41) is 7.44. The van der Waals surface area contributed by atoms with Gasteiger partial charge in [-0.05, 0) is 68.4 Å². The lowest BCUT2D eigenvalue weighted by molar-refractivity contribution is 0.102. The van der Waals surface area contributed by atoms with Crippen molar-refractivity contribution < 1.29 is 4.79 Å². The monoisotopic (exact) mass is 334 g/mol. The van der Waals surface area contributed by atoms with Crippen molar-refractivity contribution in [1.29, 1.82) is 0 Å². The highest BCUT2D eigenvalue weighted by Crippen LogP contribution is 2.22. The third kappa shape index (κ3) is 3.02. The normalized spacial score (nSPS) is 14.2. The van der Waals surface area contributed by atoms with E-state index in [2.05, 4.69) is 21.5 Å². The molecule has 0 saturated heterocycles. The van der Waals surface area contributed by atoms with Crippen LogP contribution in [0.2, 0.25) is 0 Å². The maximum Gasteiger partial charge on any atom is 0.261 e. The first-order chi connectivity index (χ1) is 12.1. The molecule has 0 aliphatic heterocycles. The van der Waals surface area contributed by atoms with Crippen LogP contribution in [0.15, 0.2) is 30.6 Å². The largest absolute Gasteiger partial charge is 0.322 e. The first-order valence-corrected chi connectivity index (χ1v) is 8.86. The summed E-state index contributed by atoms with van der Waals surface area (Å²) < 4.78 is 1.86. The van der Waals surface area contributed by atoms with Gasteiger partial charge < -0.3 is 5.32 Å². The van der Waals surface area contributed by atoms with Gasteiger partial charge in [-0.3, -0.25) is 4.79 Å². The summed E-state index contributed by atoms with van der Waals surface area (Å²) in [5.74, 6) is -0.166. The van der Waals surface area contributed by atoms with Crippen molar-refractivity contribution >= 4 is 17.2 Å². The number of fused-ring (bicyclic) bond motifs is 3. The summed E-state index contributed by atoms with van der Waals surface area (Å²) in [5.41, 5.74) is 6.67. The molecule has 3 aromatic rings. The number of rotatable bonds is 2. The van der Waals surface area contributed by atoms with Crippen LogP contribution >= 0.6 is 0 Å². The van der Waals surface area contributed by atoms with Crippen molar-refractivity contribution in [1.82, 2.24) is 14.6 Å². The third-order valence-corrected chi connectivity index (χ3v) is 4.80. The Bertz CT molecular complexity index is 937. The molecule has 2 aromatic heterocycles. The van der Waals surface area contributed by atoms with E-state index in [4.69, 9.17) is 0 Å². The number of hydrogen-bond acceptors (Lipinski definition) is 3. The van der Waals surface area contributed by atoms with Gasteiger partial charge in [0.05, 0.1) is 6.20 Å². The van der Waals surface area contributed by atoms with E-state index in [9.17, 15) is 4.79 Å². The van der Waals surface area contributed by atoms with Crippen LogP contribution in [0.1, 0.15) is 52.0 Å². The van der Waals surface area contributed by atoms with E-state index < -0.39 is 0 Å². The standard InChI is InChI=1S/C20H22N4O/c1-13-8-14(2)10-16(9-13)23-20(25)17-12-22-24-18-7-5-3-4-6-15(18)11-21-19(17)24/h8-12H,3-7H2,1-2H3,(H,23,25). The van der Waals surface area contributed by atoms with Gasteiger partial charge in [0.25, 0.3) is 5.91 Å². The molecule has 1 aliphatic carbocycles. The molecular weight excluding hydrogens is 312 g/mol. The Balaban J connectivity index is 1.69. The molecule has 1 N–H and O–H groups in total. The zero-order valence-electron chi connectivity index (χ0n) is 14.7. The van der Waals surface area contributed by atoms with Gasteiger partial charge in [0, 0.05) is 17.6 Å². The number of hydrogen-bond donors (Lipinski definition) is 1. The SMILES string of the molecule is Cc1cc(C)cc(NC(=O)c2cnn3c4c(cnc23)CCCCC4)c1. The number of aryl methyl sites for hydroxylation is 4. The summed E-state index contributed by atoms with van der Waals surface area (Å²) in [6, 6.07) is 6.02. The first kappa shape index (κ1) is 15.8. The molecule has 0 spiro atoms. The predicted molar refractivity (Wildman–Crippen MR) is 98.1 cm³/mol. The second-order valence-corrected chi connectivity index (χ2v) is 6.91. The van der Waals surface area contributed by atoms with Gasteiger partial charge >= 0.3 is 0 Å².